The molecule has 2 amide bonds. The van der Waals surface area contributed by atoms with E-state index in [1.807, 2.05) is 11.4 Å². The zero-order chi connectivity index (χ0) is 14.2. The number of rotatable bonds is 3. The molecule has 1 aromatic heterocycles. The smallest absolute Gasteiger partial charge is 0.231 e. The van der Waals surface area contributed by atoms with E-state index in [9.17, 15) is 9.59 Å². The maximum absolute atomic E-state index is 12.8. The number of likely N-dealkylation sites (N-methyl/N-ethyl adjacent to an activating group) is 1. The van der Waals surface area contributed by atoms with Gasteiger partial charge in [-0.1, -0.05) is 18.9 Å². The molecule has 1 saturated carbocycles. The van der Waals surface area contributed by atoms with Gasteiger partial charge in [0.05, 0.1) is 11.5 Å². The van der Waals surface area contributed by atoms with Crippen LogP contribution in [0.3, 0.4) is 0 Å². The van der Waals surface area contributed by atoms with Crippen molar-refractivity contribution in [1.29, 1.82) is 0 Å². The van der Waals surface area contributed by atoms with Crippen LogP contribution in [0.15, 0.2) is 17.5 Å². The second-order valence-corrected chi connectivity index (χ2v) is 6.86. The summed E-state index contributed by atoms with van der Waals surface area (Å²) < 4.78 is 0. The number of amides is 2. The van der Waals surface area contributed by atoms with Crippen molar-refractivity contribution < 1.29 is 9.59 Å². The normalized spacial score (nSPS) is 25.1. The number of carbonyl (C=O) groups is 2. The molecule has 108 valence electrons. The topological polar surface area (TPSA) is 49.4 Å². The van der Waals surface area contributed by atoms with Crippen LogP contribution in [-0.4, -0.2) is 36.3 Å². The van der Waals surface area contributed by atoms with Crippen LogP contribution in [0.25, 0.3) is 0 Å². The molecule has 0 radical (unpaired) electrons. The van der Waals surface area contributed by atoms with Crippen molar-refractivity contribution in [3.63, 3.8) is 0 Å². The van der Waals surface area contributed by atoms with E-state index in [-0.39, 0.29) is 23.3 Å². The average molecular weight is 292 g/mol. The van der Waals surface area contributed by atoms with Gasteiger partial charge in [0, 0.05) is 24.9 Å². The molecule has 0 bridgehead atoms. The number of hydrogen-bond donors (Lipinski definition) is 1. The van der Waals surface area contributed by atoms with Gasteiger partial charge >= 0.3 is 0 Å². The minimum atomic E-state index is -0.349. The monoisotopic (exact) mass is 292 g/mol. The van der Waals surface area contributed by atoms with E-state index in [1.54, 1.807) is 23.3 Å². The van der Waals surface area contributed by atoms with Crippen molar-refractivity contribution in [3.8, 4) is 0 Å². The van der Waals surface area contributed by atoms with Crippen LogP contribution < -0.4 is 5.32 Å². The third-order valence-electron chi connectivity index (χ3n) is 4.56. The molecule has 2 heterocycles. The molecule has 0 aromatic carbocycles. The molecule has 4 nitrogen and oxygen atoms in total. The molecule has 1 aliphatic carbocycles. The number of thiophene rings is 1. The van der Waals surface area contributed by atoms with Gasteiger partial charge in [0.2, 0.25) is 11.8 Å². The lowest BCUT2D eigenvalue weighted by Crippen LogP contribution is -2.47. The maximum Gasteiger partial charge on any atom is 0.231 e. The molecule has 0 spiro atoms. The second-order valence-electron chi connectivity index (χ2n) is 5.92. The molecule has 1 N–H and O–H groups in total. The maximum atomic E-state index is 12.8. The molecule has 0 unspecified atom stereocenters. The molecule has 5 heteroatoms. The summed E-state index contributed by atoms with van der Waals surface area (Å²) >= 11 is 1.67. The van der Waals surface area contributed by atoms with Gasteiger partial charge in [0.15, 0.2) is 0 Å². The summed E-state index contributed by atoms with van der Waals surface area (Å²) in [7, 11) is 1.79. The zero-order valence-corrected chi connectivity index (χ0v) is 12.5. The Bertz CT molecular complexity index is 506. The highest BCUT2D eigenvalue weighted by Crippen LogP contribution is 2.43. The summed E-state index contributed by atoms with van der Waals surface area (Å²) in [6, 6.07) is 4.05. The fourth-order valence-corrected chi connectivity index (χ4v) is 4.38. The molecule has 2 aliphatic rings. The van der Waals surface area contributed by atoms with E-state index in [0.29, 0.717) is 13.0 Å². The number of hydrogen-bond acceptors (Lipinski definition) is 3. The summed E-state index contributed by atoms with van der Waals surface area (Å²) in [4.78, 5) is 27.2. The summed E-state index contributed by atoms with van der Waals surface area (Å²) in [5, 5.41) is 5.15. The highest BCUT2D eigenvalue weighted by molar-refractivity contribution is 7.10. The van der Waals surface area contributed by atoms with E-state index >= 15 is 0 Å². The summed E-state index contributed by atoms with van der Waals surface area (Å²) in [5.74, 6) is 0.234. The van der Waals surface area contributed by atoms with Gasteiger partial charge in [-0.05, 0) is 24.3 Å². The van der Waals surface area contributed by atoms with Crippen LogP contribution in [0, 0.1) is 0 Å². The SMILES string of the molecule is CN1C[C@@H](NC(=O)C2(c3cccs3)CCCC2)CC1=O. The Hall–Kier alpha value is -1.36. The molecule has 1 atom stereocenters. The lowest BCUT2D eigenvalue weighted by Gasteiger charge is -2.28. The van der Waals surface area contributed by atoms with Crippen LogP contribution in [0.4, 0.5) is 0 Å². The number of likely N-dealkylation sites (tertiary alicyclic amines) is 1. The Balaban J connectivity index is 1.76. The largest absolute Gasteiger partial charge is 0.350 e. The first-order valence-electron chi connectivity index (χ1n) is 7.21. The van der Waals surface area contributed by atoms with E-state index in [1.165, 1.54) is 4.88 Å². The third kappa shape index (κ3) is 2.24. The quantitative estimate of drug-likeness (QED) is 0.925. The van der Waals surface area contributed by atoms with Crippen molar-refractivity contribution in [2.24, 2.45) is 0 Å². The highest BCUT2D eigenvalue weighted by atomic mass is 32.1. The zero-order valence-electron chi connectivity index (χ0n) is 11.7. The third-order valence-corrected chi connectivity index (χ3v) is 5.63. The highest BCUT2D eigenvalue weighted by Gasteiger charge is 2.44. The van der Waals surface area contributed by atoms with Gasteiger partial charge in [-0.2, -0.15) is 0 Å². The van der Waals surface area contributed by atoms with Crippen LogP contribution in [0.5, 0.6) is 0 Å². The first-order chi connectivity index (χ1) is 9.62. The van der Waals surface area contributed by atoms with Crippen molar-refractivity contribution in [1.82, 2.24) is 10.2 Å². The first-order valence-corrected chi connectivity index (χ1v) is 8.09. The molecule has 1 saturated heterocycles. The van der Waals surface area contributed by atoms with E-state index < -0.39 is 0 Å². The van der Waals surface area contributed by atoms with Crippen molar-refractivity contribution in [3.05, 3.63) is 22.4 Å². The van der Waals surface area contributed by atoms with Gasteiger partial charge in [-0.25, -0.2) is 0 Å². The second kappa shape index (κ2) is 5.20. The first kappa shape index (κ1) is 13.6. The Morgan fingerprint density at radius 2 is 2.20 bits per heavy atom. The Labute approximate surface area is 123 Å². The molecular formula is C15H20N2O2S. The lowest BCUT2D eigenvalue weighted by atomic mass is 9.83. The summed E-state index contributed by atoms with van der Waals surface area (Å²) in [6.07, 6.45) is 4.50. The predicted octanol–water partition coefficient (Wildman–Crippen LogP) is 1.91. The molecular weight excluding hydrogens is 272 g/mol. The lowest BCUT2D eigenvalue weighted by molar-refractivity contribution is -0.127. The minimum absolute atomic E-state index is 0.0302. The molecule has 3 rings (SSSR count). The Morgan fingerprint density at radius 1 is 1.45 bits per heavy atom. The molecule has 2 fully saturated rings. The predicted molar refractivity (Wildman–Crippen MR) is 78.6 cm³/mol. The number of nitrogens with zero attached hydrogens (tertiary/aromatic N) is 1. The van der Waals surface area contributed by atoms with Crippen LogP contribution in [0.2, 0.25) is 0 Å². The van der Waals surface area contributed by atoms with Gasteiger partial charge < -0.3 is 10.2 Å². The van der Waals surface area contributed by atoms with Crippen LogP contribution >= 0.6 is 11.3 Å². The number of carbonyl (C=O) groups excluding carboxylic acids is 2. The Kier molecular flexibility index (Phi) is 3.54. The fourth-order valence-electron chi connectivity index (χ4n) is 3.40. The standard InChI is InChI=1S/C15H20N2O2S/c1-17-10-11(9-13(17)18)16-14(19)15(6-2-3-7-15)12-5-4-8-20-12/h4-5,8,11H,2-3,6-7,9-10H2,1H3,(H,16,19)/t11-/m0/s1. The van der Waals surface area contributed by atoms with Crippen LogP contribution in [0.1, 0.15) is 37.0 Å². The van der Waals surface area contributed by atoms with Gasteiger partial charge in [0.25, 0.3) is 0 Å². The minimum Gasteiger partial charge on any atom is -0.350 e. The molecule has 20 heavy (non-hydrogen) atoms. The van der Waals surface area contributed by atoms with E-state index in [2.05, 4.69) is 11.4 Å². The summed E-state index contributed by atoms with van der Waals surface area (Å²) in [5.41, 5.74) is -0.349. The van der Waals surface area contributed by atoms with Gasteiger partial charge in [-0.3, -0.25) is 9.59 Å². The average Bonchev–Trinajstić information content (AvgIpc) is 3.12. The fraction of sp³-hybridized carbons (Fsp3) is 0.600. The molecule has 1 aromatic rings. The van der Waals surface area contributed by atoms with Gasteiger partial charge in [-0.15, -0.1) is 11.3 Å². The summed E-state index contributed by atoms with van der Waals surface area (Å²) in [6.45, 7) is 0.630. The van der Waals surface area contributed by atoms with E-state index in [0.717, 1.165) is 25.7 Å². The van der Waals surface area contributed by atoms with Crippen molar-refractivity contribution in [2.45, 2.75) is 43.6 Å². The van der Waals surface area contributed by atoms with Gasteiger partial charge in [0.1, 0.15) is 0 Å². The number of nitrogens with one attached hydrogen (secondary N) is 1. The van der Waals surface area contributed by atoms with Crippen molar-refractivity contribution in [2.75, 3.05) is 13.6 Å². The van der Waals surface area contributed by atoms with Crippen LogP contribution in [-0.2, 0) is 15.0 Å². The van der Waals surface area contributed by atoms with Crippen molar-refractivity contribution >= 4 is 23.2 Å². The molecule has 1 aliphatic heterocycles. The van der Waals surface area contributed by atoms with E-state index in [4.69, 9.17) is 0 Å². The Morgan fingerprint density at radius 3 is 2.75 bits per heavy atom.